The van der Waals surface area contributed by atoms with Gasteiger partial charge in [-0.2, -0.15) is 0 Å². The van der Waals surface area contributed by atoms with Crippen molar-refractivity contribution in [2.24, 2.45) is 5.92 Å². The first-order chi connectivity index (χ1) is 12.2. The van der Waals surface area contributed by atoms with Gasteiger partial charge in [0.15, 0.2) is 5.78 Å². The number of hydrogen-bond acceptors (Lipinski definition) is 3. The first kappa shape index (κ1) is 17.2. The summed E-state index contributed by atoms with van der Waals surface area (Å²) >= 11 is 0. The third-order valence-corrected chi connectivity index (χ3v) is 4.34. The molecular weight excluding hydrogens is 312 g/mol. The van der Waals surface area contributed by atoms with Gasteiger partial charge in [-0.3, -0.25) is 4.79 Å². The number of hydrogen-bond donors (Lipinski definition) is 0. The average molecular weight is 334 g/mol. The summed E-state index contributed by atoms with van der Waals surface area (Å²) in [6.07, 6.45) is 11.0. The molecule has 3 rings (SSSR count). The molecular formula is C22H22O3. The van der Waals surface area contributed by atoms with Gasteiger partial charge in [0.25, 0.3) is 0 Å². The topological polar surface area (TPSA) is 35.5 Å². The number of methoxy groups -OCH3 is 1. The van der Waals surface area contributed by atoms with Crippen LogP contribution in [-0.4, -0.2) is 25.6 Å². The van der Waals surface area contributed by atoms with Crippen LogP contribution in [0, 0.1) is 5.92 Å². The highest BCUT2D eigenvalue weighted by Gasteiger charge is 2.24. The number of rotatable bonds is 6. The van der Waals surface area contributed by atoms with Gasteiger partial charge in [-0.1, -0.05) is 60.7 Å². The van der Waals surface area contributed by atoms with Gasteiger partial charge < -0.3 is 9.47 Å². The van der Waals surface area contributed by atoms with Crippen molar-refractivity contribution in [3.63, 3.8) is 0 Å². The fourth-order valence-electron chi connectivity index (χ4n) is 3.10. The Kier molecular flexibility index (Phi) is 5.46. The minimum Gasteiger partial charge on any atom is -0.496 e. The van der Waals surface area contributed by atoms with Crippen LogP contribution in [0.1, 0.15) is 12.5 Å². The summed E-state index contributed by atoms with van der Waals surface area (Å²) in [5, 5.41) is 2.10. The third-order valence-electron chi connectivity index (χ3n) is 4.34. The van der Waals surface area contributed by atoms with Gasteiger partial charge in [0.05, 0.1) is 19.1 Å². The van der Waals surface area contributed by atoms with Crippen LogP contribution in [-0.2, 0) is 9.53 Å². The predicted octanol–water partition coefficient (Wildman–Crippen LogP) is 4.58. The Balaban J connectivity index is 1.87. The van der Waals surface area contributed by atoms with Crippen LogP contribution in [0.25, 0.3) is 16.8 Å². The zero-order valence-corrected chi connectivity index (χ0v) is 14.5. The lowest BCUT2D eigenvalue weighted by molar-refractivity contribution is -0.119. The number of carbonyl (C=O) groups is 1. The molecule has 0 spiro atoms. The first-order valence-electron chi connectivity index (χ1n) is 8.49. The standard InChI is InChI=1S/C22H22O3/c1-3-25-22-11-7-6-10-19(22)20(23)14-12-16-13-15-21(24-2)18-9-5-4-8-17(16)18/h4-15,19,22H,3H2,1-2H3/b14-12+. The summed E-state index contributed by atoms with van der Waals surface area (Å²) in [5.41, 5.74) is 0.994. The van der Waals surface area contributed by atoms with Crippen molar-refractivity contribution in [2.75, 3.05) is 13.7 Å². The van der Waals surface area contributed by atoms with Gasteiger partial charge in [0.2, 0.25) is 0 Å². The normalized spacial score (nSPS) is 19.6. The summed E-state index contributed by atoms with van der Waals surface area (Å²) in [6.45, 7) is 2.52. The second-order valence-electron chi connectivity index (χ2n) is 5.85. The predicted molar refractivity (Wildman–Crippen MR) is 102 cm³/mol. The van der Waals surface area contributed by atoms with Crippen molar-refractivity contribution < 1.29 is 14.3 Å². The molecule has 0 bridgehead atoms. The van der Waals surface area contributed by atoms with E-state index in [-0.39, 0.29) is 17.8 Å². The molecule has 0 saturated carbocycles. The van der Waals surface area contributed by atoms with E-state index >= 15 is 0 Å². The summed E-state index contributed by atoms with van der Waals surface area (Å²) < 4.78 is 11.1. The Labute approximate surface area is 148 Å². The SMILES string of the molecule is CCOC1C=CC=CC1C(=O)/C=C/c1ccc(OC)c2ccccc12. The summed E-state index contributed by atoms with van der Waals surface area (Å²) in [7, 11) is 1.66. The van der Waals surface area contributed by atoms with E-state index < -0.39 is 0 Å². The van der Waals surface area contributed by atoms with E-state index in [2.05, 4.69) is 0 Å². The van der Waals surface area contributed by atoms with Crippen LogP contribution in [0.3, 0.4) is 0 Å². The van der Waals surface area contributed by atoms with Gasteiger partial charge in [-0.05, 0) is 30.0 Å². The van der Waals surface area contributed by atoms with Crippen molar-refractivity contribution in [3.8, 4) is 5.75 Å². The van der Waals surface area contributed by atoms with E-state index in [1.165, 1.54) is 0 Å². The molecule has 25 heavy (non-hydrogen) atoms. The Morgan fingerprint density at radius 1 is 1.08 bits per heavy atom. The molecule has 2 aromatic rings. The van der Waals surface area contributed by atoms with Crippen LogP contribution in [0.2, 0.25) is 0 Å². The van der Waals surface area contributed by atoms with E-state index in [4.69, 9.17) is 9.47 Å². The minimum absolute atomic E-state index is 0.0407. The highest BCUT2D eigenvalue weighted by atomic mass is 16.5. The second-order valence-corrected chi connectivity index (χ2v) is 5.85. The van der Waals surface area contributed by atoms with Crippen LogP contribution >= 0.6 is 0 Å². The summed E-state index contributed by atoms with van der Waals surface area (Å²) in [4.78, 5) is 12.6. The molecule has 2 unspecified atom stereocenters. The molecule has 0 N–H and O–H groups in total. The Hall–Kier alpha value is -2.65. The molecule has 0 saturated heterocycles. The van der Waals surface area contributed by atoms with E-state index in [1.807, 2.05) is 73.7 Å². The maximum Gasteiger partial charge on any atom is 0.165 e. The lowest BCUT2D eigenvalue weighted by atomic mass is 9.92. The van der Waals surface area contributed by atoms with E-state index in [1.54, 1.807) is 13.2 Å². The molecule has 0 heterocycles. The third kappa shape index (κ3) is 3.72. The van der Waals surface area contributed by atoms with Crippen LogP contribution < -0.4 is 4.74 Å². The van der Waals surface area contributed by atoms with Gasteiger partial charge in [0, 0.05) is 12.0 Å². The summed E-state index contributed by atoms with van der Waals surface area (Å²) in [6, 6.07) is 11.9. The van der Waals surface area contributed by atoms with E-state index in [0.29, 0.717) is 6.61 Å². The van der Waals surface area contributed by atoms with Gasteiger partial charge in [-0.25, -0.2) is 0 Å². The minimum atomic E-state index is -0.272. The zero-order valence-electron chi connectivity index (χ0n) is 14.5. The van der Waals surface area contributed by atoms with Crippen molar-refractivity contribution in [1.29, 1.82) is 0 Å². The number of allylic oxidation sites excluding steroid dienone is 3. The fraction of sp³-hybridized carbons (Fsp3) is 0.227. The molecule has 2 atom stereocenters. The van der Waals surface area contributed by atoms with Gasteiger partial charge in [-0.15, -0.1) is 0 Å². The maximum atomic E-state index is 12.6. The van der Waals surface area contributed by atoms with Crippen molar-refractivity contribution >= 4 is 22.6 Å². The van der Waals surface area contributed by atoms with E-state index in [0.717, 1.165) is 22.1 Å². The van der Waals surface area contributed by atoms with Gasteiger partial charge in [0.1, 0.15) is 5.75 Å². The monoisotopic (exact) mass is 334 g/mol. The molecule has 3 nitrogen and oxygen atoms in total. The molecule has 128 valence electrons. The Bertz CT molecular complexity index is 845. The van der Waals surface area contributed by atoms with Crippen LogP contribution in [0.4, 0.5) is 0 Å². The van der Waals surface area contributed by atoms with E-state index in [9.17, 15) is 4.79 Å². The number of carbonyl (C=O) groups excluding carboxylic acids is 1. The Morgan fingerprint density at radius 2 is 1.84 bits per heavy atom. The highest BCUT2D eigenvalue weighted by molar-refractivity contribution is 6.01. The molecule has 0 aliphatic heterocycles. The second kappa shape index (κ2) is 7.95. The smallest absolute Gasteiger partial charge is 0.165 e. The number of ketones is 1. The lowest BCUT2D eigenvalue weighted by Gasteiger charge is -2.21. The Morgan fingerprint density at radius 3 is 2.60 bits per heavy atom. The van der Waals surface area contributed by atoms with Crippen LogP contribution in [0.15, 0.2) is 66.8 Å². The van der Waals surface area contributed by atoms with Crippen molar-refractivity contribution in [2.45, 2.75) is 13.0 Å². The molecule has 1 aliphatic rings. The number of benzene rings is 2. The fourth-order valence-corrected chi connectivity index (χ4v) is 3.10. The molecule has 3 heteroatoms. The number of fused-ring (bicyclic) bond motifs is 1. The molecule has 2 aromatic carbocycles. The number of ether oxygens (including phenoxy) is 2. The van der Waals surface area contributed by atoms with Crippen LogP contribution in [0.5, 0.6) is 5.75 Å². The lowest BCUT2D eigenvalue weighted by Crippen LogP contribution is -2.28. The molecule has 0 aromatic heterocycles. The summed E-state index contributed by atoms with van der Waals surface area (Å²) in [5.74, 6) is 0.598. The maximum absolute atomic E-state index is 12.6. The highest BCUT2D eigenvalue weighted by Crippen LogP contribution is 2.29. The molecule has 0 amide bonds. The first-order valence-corrected chi connectivity index (χ1v) is 8.49. The zero-order chi connectivity index (χ0) is 17.6. The quantitative estimate of drug-likeness (QED) is 0.726. The molecule has 0 fully saturated rings. The largest absolute Gasteiger partial charge is 0.496 e. The van der Waals surface area contributed by atoms with Crippen molar-refractivity contribution in [3.05, 3.63) is 72.3 Å². The van der Waals surface area contributed by atoms with Crippen molar-refractivity contribution in [1.82, 2.24) is 0 Å². The van der Waals surface area contributed by atoms with Gasteiger partial charge >= 0.3 is 0 Å². The average Bonchev–Trinajstić information content (AvgIpc) is 2.66. The molecule has 0 radical (unpaired) electrons. The molecule has 1 aliphatic carbocycles.